The van der Waals surface area contributed by atoms with E-state index in [-0.39, 0.29) is 5.41 Å². The fourth-order valence-electron chi connectivity index (χ4n) is 7.37. The fraction of sp³-hybridized carbons (Fsp3) is 0.0638. The Bertz CT molecular complexity index is 2520. The maximum Gasteiger partial charge on any atom is 0.164 e. The molecule has 242 valence electrons. The minimum atomic E-state index is -0.0338. The monoisotopic (exact) mass is 654 g/mol. The van der Waals surface area contributed by atoms with E-state index >= 15 is 0 Å². The zero-order chi connectivity index (χ0) is 34.4. The SMILES string of the molecule is CC1(C)c2ccccc2-c2c(-c3cccc(-c4ccc(-c5nc(-c6ccccc6)nc(-c6ccc(-c7cccnc7)cc6)n5)cc4)c3)cccc21. The second-order valence-corrected chi connectivity index (χ2v) is 13.5. The Morgan fingerprint density at radius 1 is 0.373 bits per heavy atom. The Balaban J connectivity index is 1.07. The predicted octanol–water partition coefficient (Wildman–Crippen LogP) is 11.6. The van der Waals surface area contributed by atoms with Crippen molar-refractivity contribution in [2.45, 2.75) is 19.3 Å². The molecule has 51 heavy (non-hydrogen) atoms. The van der Waals surface area contributed by atoms with E-state index in [0.29, 0.717) is 17.5 Å². The highest BCUT2D eigenvalue weighted by Crippen LogP contribution is 2.52. The van der Waals surface area contributed by atoms with E-state index < -0.39 is 0 Å². The minimum Gasteiger partial charge on any atom is -0.264 e. The molecule has 0 radical (unpaired) electrons. The van der Waals surface area contributed by atoms with Gasteiger partial charge in [0.1, 0.15) is 0 Å². The molecule has 8 aromatic rings. The second-order valence-electron chi connectivity index (χ2n) is 13.5. The molecule has 9 rings (SSSR count). The van der Waals surface area contributed by atoms with E-state index in [2.05, 4.69) is 140 Å². The third kappa shape index (κ3) is 5.51. The van der Waals surface area contributed by atoms with Crippen LogP contribution in [0.3, 0.4) is 0 Å². The largest absolute Gasteiger partial charge is 0.264 e. The average Bonchev–Trinajstić information content (AvgIpc) is 3.44. The zero-order valence-electron chi connectivity index (χ0n) is 28.5. The summed E-state index contributed by atoms with van der Waals surface area (Å²) in [4.78, 5) is 19.1. The number of aromatic nitrogens is 4. The van der Waals surface area contributed by atoms with Crippen molar-refractivity contribution in [3.63, 3.8) is 0 Å². The van der Waals surface area contributed by atoms with Gasteiger partial charge >= 0.3 is 0 Å². The van der Waals surface area contributed by atoms with Gasteiger partial charge in [0.05, 0.1) is 0 Å². The summed E-state index contributed by atoms with van der Waals surface area (Å²) in [6.45, 7) is 4.66. The summed E-state index contributed by atoms with van der Waals surface area (Å²) in [5.74, 6) is 1.91. The van der Waals surface area contributed by atoms with Crippen molar-refractivity contribution >= 4 is 0 Å². The lowest BCUT2D eigenvalue weighted by Gasteiger charge is -2.21. The van der Waals surface area contributed by atoms with Gasteiger partial charge in [0, 0.05) is 34.5 Å². The van der Waals surface area contributed by atoms with Gasteiger partial charge in [-0.15, -0.1) is 0 Å². The molecule has 2 heterocycles. The van der Waals surface area contributed by atoms with E-state index in [1.807, 2.05) is 42.6 Å². The molecule has 0 aliphatic heterocycles. The predicted molar refractivity (Wildman–Crippen MR) is 208 cm³/mol. The van der Waals surface area contributed by atoms with Crippen LogP contribution >= 0.6 is 0 Å². The van der Waals surface area contributed by atoms with Crippen molar-refractivity contribution in [1.82, 2.24) is 19.9 Å². The molecule has 1 aliphatic rings. The smallest absolute Gasteiger partial charge is 0.164 e. The summed E-state index contributed by atoms with van der Waals surface area (Å²) in [7, 11) is 0. The lowest BCUT2D eigenvalue weighted by atomic mass is 9.82. The first-order valence-corrected chi connectivity index (χ1v) is 17.3. The number of nitrogens with zero attached hydrogens (tertiary/aromatic N) is 4. The van der Waals surface area contributed by atoms with E-state index in [1.165, 1.54) is 33.4 Å². The molecular weight excluding hydrogens is 621 g/mol. The summed E-state index contributed by atoms with van der Waals surface area (Å²) >= 11 is 0. The molecule has 0 unspecified atom stereocenters. The lowest BCUT2D eigenvalue weighted by molar-refractivity contribution is 0.660. The lowest BCUT2D eigenvalue weighted by Crippen LogP contribution is -2.14. The number of hydrogen-bond donors (Lipinski definition) is 0. The van der Waals surface area contributed by atoms with Crippen molar-refractivity contribution in [2.75, 3.05) is 0 Å². The number of pyridine rings is 1. The molecule has 0 fully saturated rings. The first-order valence-electron chi connectivity index (χ1n) is 17.3. The summed E-state index contributed by atoms with van der Waals surface area (Å²) in [6.07, 6.45) is 3.66. The average molecular weight is 655 g/mol. The Labute approximate surface area is 298 Å². The highest BCUT2D eigenvalue weighted by molar-refractivity contribution is 5.93. The maximum atomic E-state index is 4.99. The Hall–Kier alpha value is -6.52. The maximum absolute atomic E-state index is 4.99. The van der Waals surface area contributed by atoms with Crippen LogP contribution in [0.2, 0.25) is 0 Å². The molecule has 2 aromatic heterocycles. The Morgan fingerprint density at radius 3 is 1.53 bits per heavy atom. The van der Waals surface area contributed by atoms with Crippen LogP contribution in [-0.2, 0) is 5.41 Å². The van der Waals surface area contributed by atoms with Crippen LogP contribution in [0.25, 0.3) is 78.7 Å². The molecule has 0 bridgehead atoms. The van der Waals surface area contributed by atoms with E-state index in [1.54, 1.807) is 6.20 Å². The van der Waals surface area contributed by atoms with Gasteiger partial charge < -0.3 is 0 Å². The van der Waals surface area contributed by atoms with Gasteiger partial charge in [-0.3, -0.25) is 4.98 Å². The van der Waals surface area contributed by atoms with Gasteiger partial charge in [-0.2, -0.15) is 0 Å². The van der Waals surface area contributed by atoms with Gasteiger partial charge in [-0.1, -0.05) is 159 Å². The first kappa shape index (κ1) is 30.5. The van der Waals surface area contributed by atoms with Gasteiger partial charge in [0.2, 0.25) is 0 Å². The first-order chi connectivity index (χ1) is 25.0. The van der Waals surface area contributed by atoms with E-state index in [9.17, 15) is 0 Å². The quantitative estimate of drug-likeness (QED) is 0.179. The molecule has 4 nitrogen and oxygen atoms in total. The molecule has 6 aromatic carbocycles. The third-order valence-electron chi connectivity index (χ3n) is 10.1. The Morgan fingerprint density at radius 2 is 0.863 bits per heavy atom. The van der Waals surface area contributed by atoms with Gasteiger partial charge in [0.15, 0.2) is 17.5 Å². The topological polar surface area (TPSA) is 51.6 Å². The highest BCUT2D eigenvalue weighted by atomic mass is 15.0. The number of hydrogen-bond acceptors (Lipinski definition) is 4. The van der Waals surface area contributed by atoms with E-state index in [0.717, 1.165) is 38.9 Å². The van der Waals surface area contributed by atoms with Gasteiger partial charge in [-0.25, -0.2) is 15.0 Å². The van der Waals surface area contributed by atoms with Crippen molar-refractivity contribution < 1.29 is 0 Å². The van der Waals surface area contributed by atoms with Crippen LogP contribution < -0.4 is 0 Å². The Kier molecular flexibility index (Phi) is 7.44. The molecule has 4 heteroatoms. The third-order valence-corrected chi connectivity index (χ3v) is 10.1. The number of benzene rings is 6. The molecular formula is C47H34N4. The van der Waals surface area contributed by atoms with E-state index in [4.69, 9.17) is 15.0 Å². The fourth-order valence-corrected chi connectivity index (χ4v) is 7.37. The van der Waals surface area contributed by atoms with Crippen molar-refractivity contribution in [2.24, 2.45) is 0 Å². The van der Waals surface area contributed by atoms with Crippen LogP contribution in [-0.4, -0.2) is 19.9 Å². The van der Waals surface area contributed by atoms with Crippen molar-refractivity contribution in [3.8, 4) is 78.7 Å². The normalized spacial score (nSPS) is 12.7. The summed E-state index contributed by atoms with van der Waals surface area (Å²) in [5, 5.41) is 0. The summed E-state index contributed by atoms with van der Waals surface area (Å²) in [5.41, 5.74) is 15.2. The standard InChI is InChI=1S/C47H34N4/c1-47(2)41-18-7-6-16-40(41)43-39(17-9-19-42(43)47)37-14-8-13-36(29-37)31-20-24-34(25-21-31)45-49-44(33-11-4-3-5-12-33)50-46(51-45)35-26-22-32(23-27-35)38-15-10-28-48-30-38/h3-30H,1-2H3. The molecule has 0 atom stereocenters. The van der Waals surface area contributed by atoms with Crippen LogP contribution in [0.4, 0.5) is 0 Å². The number of fused-ring (bicyclic) bond motifs is 3. The van der Waals surface area contributed by atoms with Crippen LogP contribution in [0.15, 0.2) is 170 Å². The highest BCUT2D eigenvalue weighted by Gasteiger charge is 2.36. The van der Waals surface area contributed by atoms with Crippen molar-refractivity contribution in [3.05, 3.63) is 181 Å². The van der Waals surface area contributed by atoms with Crippen molar-refractivity contribution in [1.29, 1.82) is 0 Å². The molecule has 0 spiro atoms. The van der Waals surface area contributed by atoms with Crippen LogP contribution in [0, 0.1) is 0 Å². The molecule has 0 saturated carbocycles. The number of rotatable bonds is 6. The zero-order valence-corrected chi connectivity index (χ0v) is 28.5. The van der Waals surface area contributed by atoms with Gasteiger partial charge in [-0.05, 0) is 67.8 Å². The van der Waals surface area contributed by atoms with Gasteiger partial charge in [0.25, 0.3) is 0 Å². The second kappa shape index (κ2) is 12.4. The molecule has 0 amide bonds. The molecule has 0 saturated heterocycles. The summed E-state index contributed by atoms with van der Waals surface area (Å²) < 4.78 is 0. The molecule has 1 aliphatic carbocycles. The summed E-state index contributed by atoms with van der Waals surface area (Å²) in [6, 6.07) is 55.4. The van der Waals surface area contributed by atoms with Crippen LogP contribution in [0.5, 0.6) is 0 Å². The molecule has 0 N–H and O–H groups in total. The van der Waals surface area contributed by atoms with Crippen LogP contribution in [0.1, 0.15) is 25.0 Å². The minimum absolute atomic E-state index is 0.0338.